The molecule has 0 amide bonds. The van der Waals surface area contributed by atoms with Crippen LogP contribution in [0.25, 0.3) is 11.0 Å². The van der Waals surface area contributed by atoms with E-state index < -0.39 is 0 Å². The van der Waals surface area contributed by atoms with Crippen LogP contribution >= 0.6 is 0 Å². The number of likely N-dealkylation sites (N-methyl/N-ethyl adjacent to an activating group) is 1. The molecule has 0 aliphatic carbocycles. The van der Waals surface area contributed by atoms with Gasteiger partial charge in [0.15, 0.2) is 5.78 Å². The Morgan fingerprint density at radius 1 is 1.05 bits per heavy atom. The molecular formula is C18H17NO2. The van der Waals surface area contributed by atoms with Crippen LogP contribution in [0, 0.1) is 0 Å². The normalized spacial score (nSPS) is 10.7. The first-order valence-corrected chi connectivity index (χ1v) is 7.09. The van der Waals surface area contributed by atoms with Crippen LogP contribution < -0.4 is 4.90 Å². The van der Waals surface area contributed by atoms with Gasteiger partial charge in [-0.25, -0.2) is 0 Å². The van der Waals surface area contributed by atoms with Crippen LogP contribution in [0.1, 0.15) is 17.3 Å². The van der Waals surface area contributed by atoms with Gasteiger partial charge in [0.25, 0.3) is 0 Å². The van der Waals surface area contributed by atoms with Gasteiger partial charge in [-0.15, -0.1) is 0 Å². The van der Waals surface area contributed by atoms with Gasteiger partial charge in [0.05, 0.1) is 12.1 Å². The molecule has 1 aromatic heterocycles. The highest BCUT2D eigenvalue weighted by molar-refractivity contribution is 6.08. The molecule has 0 bridgehead atoms. The molecule has 0 radical (unpaired) electrons. The molecule has 0 atom stereocenters. The Morgan fingerprint density at radius 2 is 1.76 bits per heavy atom. The molecule has 0 fully saturated rings. The van der Waals surface area contributed by atoms with Crippen LogP contribution in [-0.4, -0.2) is 18.9 Å². The molecule has 3 nitrogen and oxygen atoms in total. The second-order valence-electron chi connectivity index (χ2n) is 4.92. The number of ketones is 1. The second kappa shape index (κ2) is 5.83. The number of benzene rings is 2. The first kappa shape index (κ1) is 13.4. The number of para-hydroxylation sites is 2. The van der Waals surface area contributed by atoms with Gasteiger partial charge < -0.3 is 9.32 Å². The minimum absolute atomic E-state index is 0.0747. The van der Waals surface area contributed by atoms with Crippen LogP contribution in [0.15, 0.2) is 65.3 Å². The fourth-order valence-electron chi connectivity index (χ4n) is 2.48. The number of nitrogens with zero attached hydrogens (tertiary/aromatic N) is 1. The summed E-state index contributed by atoms with van der Waals surface area (Å²) in [7, 11) is 0. The van der Waals surface area contributed by atoms with Crippen molar-refractivity contribution in [3.63, 3.8) is 0 Å². The summed E-state index contributed by atoms with van der Waals surface area (Å²) in [6.45, 7) is 3.18. The summed E-state index contributed by atoms with van der Waals surface area (Å²) in [5.74, 6) is 0.0747. The number of carbonyl (C=O) groups excluding carboxylic acids is 1. The molecular weight excluding hydrogens is 262 g/mol. The zero-order valence-electron chi connectivity index (χ0n) is 12.0. The number of furan rings is 1. The van der Waals surface area contributed by atoms with Gasteiger partial charge in [-0.2, -0.15) is 0 Å². The fourth-order valence-corrected chi connectivity index (χ4v) is 2.48. The number of fused-ring (bicyclic) bond motifs is 1. The fraction of sp³-hybridized carbons (Fsp3) is 0.167. The molecule has 0 spiro atoms. The van der Waals surface area contributed by atoms with Gasteiger partial charge >= 0.3 is 0 Å². The van der Waals surface area contributed by atoms with E-state index in [1.165, 1.54) is 0 Å². The predicted octanol–water partition coefficient (Wildman–Crippen LogP) is 4.14. The molecule has 2 aromatic carbocycles. The van der Waals surface area contributed by atoms with Crippen LogP contribution in [0.3, 0.4) is 0 Å². The predicted molar refractivity (Wildman–Crippen MR) is 84.9 cm³/mol. The average molecular weight is 279 g/mol. The Bertz CT molecular complexity index is 746. The smallest absolute Gasteiger partial charge is 0.185 e. The highest BCUT2D eigenvalue weighted by atomic mass is 16.3. The molecule has 106 valence electrons. The van der Waals surface area contributed by atoms with E-state index >= 15 is 0 Å². The van der Waals surface area contributed by atoms with E-state index in [1.54, 1.807) is 6.26 Å². The van der Waals surface area contributed by atoms with Gasteiger partial charge in [0.2, 0.25) is 0 Å². The van der Waals surface area contributed by atoms with Gasteiger partial charge in [0.1, 0.15) is 11.8 Å². The lowest BCUT2D eigenvalue weighted by atomic mass is 10.1. The molecule has 3 aromatic rings. The molecule has 1 heterocycles. The molecule has 0 aliphatic rings. The van der Waals surface area contributed by atoms with E-state index in [0.717, 1.165) is 23.2 Å². The zero-order chi connectivity index (χ0) is 14.7. The summed E-state index contributed by atoms with van der Waals surface area (Å²) >= 11 is 0. The van der Waals surface area contributed by atoms with E-state index in [4.69, 9.17) is 4.42 Å². The molecule has 21 heavy (non-hydrogen) atoms. The van der Waals surface area contributed by atoms with Gasteiger partial charge in [-0.3, -0.25) is 4.79 Å². The number of hydrogen-bond donors (Lipinski definition) is 0. The maximum Gasteiger partial charge on any atom is 0.185 e. The van der Waals surface area contributed by atoms with Crippen molar-refractivity contribution in [1.82, 2.24) is 0 Å². The van der Waals surface area contributed by atoms with Crippen molar-refractivity contribution in [3.05, 3.63) is 66.4 Å². The highest BCUT2D eigenvalue weighted by Gasteiger charge is 2.16. The molecule has 0 saturated heterocycles. The molecule has 3 rings (SSSR count). The number of anilines is 1. The highest BCUT2D eigenvalue weighted by Crippen LogP contribution is 2.22. The maximum absolute atomic E-state index is 12.6. The zero-order valence-corrected chi connectivity index (χ0v) is 12.0. The van der Waals surface area contributed by atoms with Crippen LogP contribution in [0.5, 0.6) is 0 Å². The number of carbonyl (C=O) groups is 1. The summed E-state index contributed by atoms with van der Waals surface area (Å²) in [5.41, 5.74) is 2.46. The Balaban J connectivity index is 1.85. The van der Waals surface area contributed by atoms with E-state index in [0.29, 0.717) is 12.1 Å². The minimum atomic E-state index is 0.0747. The molecule has 0 unspecified atom stereocenters. The quantitative estimate of drug-likeness (QED) is 0.658. The largest absolute Gasteiger partial charge is 0.464 e. The van der Waals surface area contributed by atoms with E-state index in [1.807, 2.05) is 61.5 Å². The van der Waals surface area contributed by atoms with Gasteiger partial charge in [-0.1, -0.05) is 36.4 Å². The van der Waals surface area contributed by atoms with Crippen LogP contribution in [0.4, 0.5) is 5.69 Å². The van der Waals surface area contributed by atoms with E-state index in [-0.39, 0.29) is 5.78 Å². The van der Waals surface area contributed by atoms with Crippen molar-refractivity contribution >= 4 is 22.4 Å². The van der Waals surface area contributed by atoms with Crippen LogP contribution in [-0.2, 0) is 0 Å². The van der Waals surface area contributed by atoms with Crippen LogP contribution in [0.2, 0.25) is 0 Å². The monoisotopic (exact) mass is 279 g/mol. The van der Waals surface area contributed by atoms with Gasteiger partial charge in [0, 0.05) is 17.6 Å². The summed E-state index contributed by atoms with van der Waals surface area (Å²) in [6.07, 6.45) is 1.56. The maximum atomic E-state index is 12.6. The van der Waals surface area contributed by atoms with Crippen molar-refractivity contribution in [3.8, 4) is 0 Å². The minimum Gasteiger partial charge on any atom is -0.464 e. The topological polar surface area (TPSA) is 33.5 Å². The third-order valence-corrected chi connectivity index (χ3v) is 3.62. The molecule has 3 heteroatoms. The third kappa shape index (κ3) is 2.68. The van der Waals surface area contributed by atoms with E-state index in [2.05, 4.69) is 4.90 Å². The molecule has 0 N–H and O–H groups in total. The van der Waals surface area contributed by atoms with Crippen molar-refractivity contribution in [2.75, 3.05) is 18.0 Å². The van der Waals surface area contributed by atoms with Crippen molar-refractivity contribution in [2.45, 2.75) is 6.92 Å². The number of rotatable bonds is 5. The third-order valence-electron chi connectivity index (χ3n) is 3.62. The van der Waals surface area contributed by atoms with Crippen molar-refractivity contribution in [2.24, 2.45) is 0 Å². The Morgan fingerprint density at radius 3 is 2.52 bits per heavy atom. The van der Waals surface area contributed by atoms with Crippen molar-refractivity contribution < 1.29 is 9.21 Å². The first-order valence-electron chi connectivity index (χ1n) is 7.09. The van der Waals surface area contributed by atoms with E-state index in [9.17, 15) is 4.79 Å². The lowest BCUT2D eigenvalue weighted by molar-refractivity contribution is 0.1000. The number of Topliss-reactive ketones (excluding diaryl/α,β-unsaturated/α-hetero) is 1. The summed E-state index contributed by atoms with van der Waals surface area (Å²) in [5, 5.41) is 0.881. The number of hydrogen-bond acceptors (Lipinski definition) is 3. The lowest BCUT2D eigenvalue weighted by Crippen LogP contribution is -2.29. The molecule has 0 aliphatic heterocycles. The summed E-state index contributed by atoms with van der Waals surface area (Å²) in [6, 6.07) is 17.6. The molecule has 0 saturated carbocycles. The SMILES string of the molecule is CCN(CC(=O)c1coc2ccccc12)c1ccccc1. The Labute approximate surface area is 123 Å². The summed E-state index contributed by atoms with van der Waals surface area (Å²) < 4.78 is 5.45. The first-order chi connectivity index (χ1) is 10.3. The van der Waals surface area contributed by atoms with Crippen molar-refractivity contribution in [1.29, 1.82) is 0 Å². The second-order valence-corrected chi connectivity index (χ2v) is 4.92. The lowest BCUT2D eigenvalue weighted by Gasteiger charge is -2.21. The Kier molecular flexibility index (Phi) is 3.73. The Hall–Kier alpha value is -2.55. The standard InChI is InChI=1S/C18H17NO2/c1-2-19(14-8-4-3-5-9-14)12-17(20)16-13-21-18-11-7-6-10-15(16)18/h3-11,13H,2,12H2,1H3. The average Bonchev–Trinajstić information content (AvgIpc) is 2.97. The van der Waals surface area contributed by atoms with Gasteiger partial charge in [-0.05, 0) is 25.1 Å². The summed E-state index contributed by atoms with van der Waals surface area (Å²) in [4.78, 5) is 14.6.